The lowest BCUT2D eigenvalue weighted by atomic mass is 9.92. The van der Waals surface area contributed by atoms with E-state index >= 15 is 0 Å². The van der Waals surface area contributed by atoms with Gasteiger partial charge in [0.05, 0.1) is 37.0 Å². The van der Waals surface area contributed by atoms with E-state index in [0.717, 1.165) is 34.1 Å². The van der Waals surface area contributed by atoms with Crippen molar-refractivity contribution in [3.05, 3.63) is 83.7 Å². The number of amides is 1. The van der Waals surface area contributed by atoms with Crippen LogP contribution in [0.5, 0.6) is 11.5 Å². The molecule has 0 saturated carbocycles. The molecule has 0 radical (unpaired) electrons. The SMILES string of the molecule is COc1cc2c(cc1OC)C(C)N(C(=O)c1cc(-c3ccccc3)nc3ccncc13)CC2. The van der Waals surface area contributed by atoms with E-state index in [1.54, 1.807) is 26.6 Å². The number of hydrogen-bond donors (Lipinski definition) is 0. The largest absolute Gasteiger partial charge is 0.493 e. The molecule has 166 valence electrons. The number of fused-ring (bicyclic) bond motifs is 2. The summed E-state index contributed by atoms with van der Waals surface area (Å²) in [5.41, 5.74) is 5.37. The van der Waals surface area contributed by atoms with Crippen LogP contribution in [0, 0.1) is 0 Å². The molecule has 1 unspecified atom stereocenters. The molecule has 6 heteroatoms. The number of ether oxygens (including phenoxy) is 2. The monoisotopic (exact) mass is 439 g/mol. The predicted molar refractivity (Wildman–Crippen MR) is 128 cm³/mol. The fraction of sp³-hybridized carbons (Fsp3) is 0.222. The Morgan fingerprint density at radius 1 is 1.03 bits per heavy atom. The number of nitrogens with zero attached hydrogens (tertiary/aromatic N) is 3. The summed E-state index contributed by atoms with van der Waals surface area (Å²) >= 11 is 0. The highest BCUT2D eigenvalue weighted by Crippen LogP contribution is 2.39. The minimum atomic E-state index is -0.110. The third kappa shape index (κ3) is 3.67. The number of benzene rings is 2. The van der Waals surface area contributed by atoms with Gasteiger partial charge in [0.2, 0.25) is 0 Å². The first-order chi connectivity index (χ1) is 16.1. The molecule has 0 bridgehead atoms. The summed E-state index contributed by atoms with van der Waals surface area (Å²) in [5.74, 6) is 1.35. The Bertz CT molecular complexity index is 1340. The normalized spacial score (nSPS) is 15.2. The minimum Gasteiger partial charge on any atom is -0.493 e. The van der Waals surface area contributed by atoms with Gasteiger partial charge in [-0.3, -0.25) is 9.78 Å². The van der Waals surface area contributed by atoms with Gasteiger partial charge in [-0.2, -0.15) is 0 Å². The zero-order valence-corrected chi connectivity index (χ0v) is 18.9. The van der Waals surface area contributed by atoms with E-state index in [9.17, 15) is 4.79 Å². The Kier molecular flexibility index (Phi) is 5.42. The van der Waals surface area contributed by atoms with Crippen LogP contribution in [0.3, 0.4) is 0 Å². The summed E-state index contributed by atoms with van der Waals surface area (Å²) in [6.45, 7) is 2.68. The van der Waals surface area contributed by atoms with Crippen molar-refractivity contribution in [2.75, 3.05) is 20.8 Å². The third-order valence-electron chi connectivity index (χ3n) is 6.36. The highest BCUT2D eigenvalue weighted by Gasteiger charge is 2.31. The maximum absolute atomic E-state index is 13.9. The summed E-state index contributed by atoms with van der Waals surface area (Å²) in [6.07, 6.45) is 4.18. The van der Waals surface area contributed by atoms with Crippen molar-refractivity contribution in [1.82, 2.24) is 14.9 Å². The maximum atomic E-state index is 13.9. The van der Waals surface area contributed by atoms with Crippen LogP contribution in [0.1, 0.15) is 34.5 Å². The highest BCUT2D eigenvalue weighted by molar-refractivity contribution is 6.07. The molecule has 2 aromatic carbocycles. The summed E-state index contributed by atoms with van der Waals surface area (Å²) in [6, 6.07) is 17.6. The van der Waals surface area contributed by atoms with Gasteiger partial charge in [0.15, 0.2) is 11.5 Å². The molecule has 0 aliphatic carbocycles. The molecule has 1 atom stereocenters. The molecule has 1 aliphatic rings. The van der Waals surface area contributed by atoms with Gasteiger partial charge in [-0.1, -0.05) is 30.3 Å². The molecule has 0 fully saturated rings. The standard InChI is InChI=1S/C27H25N3O3/c1-17-20-15-26(33-3)25(32-2)13-19(20)10-12-30(17)27(31)21-14-24(18-7-5-4-6-8-18)29-23-9-11-28-16-22(21)23/h4-9,11,13-17H,10,12H2,1-3H3. The fourth-order valence-electron chi connectivity index (χ4n) is 4.58. The van der Waals surface area contributed by atoms with Gasteiger partial charge in [-0.15, -0.1) is 0 Å². The van der Waals surface area contributed by atoms with Crippen molar-refractivity contribution in [3.63, 3.8) is 0 Å². The lowest BCUT2D eigenvalue weighted by molar-refractivity contribution is 0.0679. The first kappa shape index (κ1) is 20.9. The van der Waals surface area contributed by atoms with E-state index in [0.29, 0.717) is 23.6 Å². The van der Waals surface area contributed by atoms with Crippen molar-refractivity contribution in [2.45, 2.75) is 19.4 Å². The molecule has 4 aromatic rings. The molecule has 6 nitrogen and oxygen atoms in total. The maximum Gasteiger partial charge on any atom is 0.255 e. The second kappa shape index (κ2) is 8.54. The van der Waals surface area contributed by atoms with Crippen LogP contribution in [0.4, 0.5) is 0 Å². The van der Waals surface area contributed by atoms with Crippen LogP contribution in [-0.2, 0) is 6.42 Å². The third-order valence-corrected chi connectivity index (χ3v) is 6.36. The molecule has 3 heterocycles. The average Bonchev–Trinajstić information content (AvgIpc) is 2.87. The van der Waals surface area contributed by atoms with E-state index in [-0.39, 0.29) is 11.9 Å². The minimum absolute atomic E-state index is 0.0273. The zero-order valence-electron chi connectivity index (χ0n) is 18.9. The van der Waals surface area contributed by atoms with Crippen LogP contribution < -0.4 is 9.47 Å². The number of pyridine rings is 2. The molecule has 0 N–H and O–H groups in total. The van der Waals surface area contributed by atoms with Crippen molar-refractivity contribution in [3.8, 4) is 22.8 Å². The highest BCUT2D eigenvalue weighted by atomic mass is 16.5. The average molecular weight is 440 g/mol. The fourth-order valence-corrected chi connectivity index (χ4v) is 4.58. The summed E-state index contributed by atoms with van der Waals surface area (Å²) in [4.78, 5) is 24.9. The van der Waals surface area contributed by atoms with E-state index in [1.807, 2.05) is 59.5 Å². The van der Waals surface area contributed by atoms with E-state index in [4.69, 9.17) is 14.5 Å². The molecular formula is C27H25N3O3. The van der Waals surface area contributed by atoms with E-state index in [2.05, 4.69) is 11.9 Å². The van der Waals surface area contributed by atoms with Crippen LogP contribution in [-0.4, -0.2) is 41.5 Å². The molecule has 0 saturated heterocycles. The van der Waals surface area contributed by atoms with Gasteiger partial charge in [0.25, 0.3) is 5.91 Å². The lowest BCUT2D eigenvalue weighted by Gasteiger charge is -2.36. The van der Waals surface area contributed by atoms with Gasteiger partial charge in [0.1, 0.15) is 0 Å². The van der Waals surface area contributed by atoms with Gasteiger partial charge in [-0.05, 0) is 48.7 Å². The topological polar surface area (TPSA) is 64.6 Å². The molecular weight excluding hydrogens is 414 g/mol. The van der Waals surface area contributed by atoms with Gasteiger partial charge in [0, 0.05) is 29.9 Å². The molecule has 5 rings (SSSR count). The first-order valence-corrected chi connectivity index (χ1v) is 11.0. The Hall–Kier alpha value is -3.93. The van der Waals surface area contributed by atoms with Crippen molar-refractivity contribution < 1.29 is 14.3 Å². The second-order valence-electron chi connectivity index (χ2n) is 8.14. The summed E-state index contributed by atoms with van der Waals surface area (Å²) in [7, 11) is 3.26. The summed E-state index contributed by atoms with van der Waals surface area (Å²) < 4.78 is 11.0. The first-order valence-electron chi connectivity index (χ1n) is 11.0. The molecule has 1 aliphatic heterocycles. The Labute approximate surface area is 192 Å². The number of methoxy groups -OCH3 is 2. The summed E-state index contributed by atoms with van der Waals surface area (Å²) in [5, 5.41) is 0.757. The van der Waals surface area contributed by atoms with Crippen molar-refractivity contribution in [2.24, 2.45) is 0 Å². The van der Waals surface area contributed by atoms with Gasteiger partial charge >= 0.3 is 0 Å². The number of carbonyl (C=O) groups excluding carboxylic acids is 1. The lowest BCUT2D eigenvalue weighted by Crippen LogP contribution is -2.39. The van der Waals surface area contributed by atoms with Crippen LogP contribution in [0.2, 0.25) is 0 Å². The second-order valence-corrected chi connectivity index (χ2v) is 8.14. The van der Waals surface area contributed by atoms with Gasteiger partial charge in [-0.25, -0.2) is 4.98 Å². The number of carbonyl (C=O) groups is 1. The van der Waals surface area contributed by atoms with Crippen molar-refractivity contribution in [1.29, 1.82) is 0 Å². The Morgan fingerprint density at radius 2 is 1.79 bits per heavy atom. The van der Waals surface area contributed by atoms with Crippen molar-refractivity contribution >= 4 is 16.8 Å². The van der Waals surface area contributed by atoms with E-state index < -0.39 is 0 Å². The quantitative estimate of drug-likeness (QED) is 0.444. The Balaban J connectivity index is 1.58. The number of aromatic nitrogens is 2. The van der Waals surface area contributed by atoms with Crippen LogP contribution in [0.15, 0.2) is 67.0 Å². The van der Waals surface area contributed by atoms with Gasteiger partial charge < -0.3 is 14.4 Å². The molecule has 1 amide bonds. The van der Waals surface area contributed by atoms with Crippen LogP contribution in [0.25, 0.3) is 22.2 Å². The van der Waals surface area contributed by atoms with Crippen LogP contribution >= 0.6 is 0 Å². The predicted octanol–water partition coefficient (Wildman–Crippen LogP) is 5.07. The molecule has 2 aromatic heterocycles. The number of rotatable bonds is 4. The van der Waals surface area contributed by atoms with E-state index in [1.165, 1.54) is 5.56 Å². The molecule has 33 heavy (non-hydrogen) atoms. The number of hydrogen-bond acceptors (Lipinski definition) is 5. The smallest absolute Gasteiger partial charge is 0.255 e. The zero-order chi connectivity index (χ0) is 22.9. The Morgan fingerprint density at radius 3 is 2.55 bits per heavy atom. The molecule has 0 spiro atoms.